The molecule has 0 unspecified atom stereocenters. The molecule has 1 N–H and O–H groups in total. The Bertz CT molecular complexity index is 851. The van der Waals surface area contributed by atoms with E-state index < -0.39 is 5.97 Å². The Morgan fingerprint density at radius 2 is 1.93 bits per heavy atom. The molecule has 1 atom stereocenters. The first-order chi connectivity index (χ1) is 13.5. The molecule has 3 rings (SSSR count). The molecule has 0 saturated carbocycles. The summed E-state index contributed by atoms with van der Waals surface area (Å²) in [5.41, 5.74) is 2.13. The van der Waals surface area contributed by atoms with Gasteiger partial charge in [0.05, 0.1) is 5.56 Å². The van der Waals surface area contributed by atoms with Gasteiger partial charge in [-0.25, -0.2) is 4.79 Å². The number of hydrogen-bond acceptors (Lipinski definition) is 4. The summed E-state index contributed by atoms with van der Waals surface area (Å²) < 4.78 is 5.12. The van der Waals surface area contributed by atoms with Gasteiger partial charge in [0.15, 0.2) is 6.61 Å². The number of rotatable bonds is 7. The van der Waals surface area contributed by atoms with Gasteiger partial charge >= 0.3 is 5.97 Å². The molecule has 2 aromatic carbocycles. The second kappa shape index (κ2) is 9.17. The molecule has 146 valence electrons. The average molecular weight is 380 g/mol. The fraction of sp³-hybridized carbons (Fsp3) is 0.318. The Balaban J connectivity index is 1.48. The number of nitrogens with zero attached hydrogens (tertiary/aromatic N) is 1. The Labute approximate surface area is 164 Å². The Hall–Kier alpha value is -3.15. The Kier molecular flexibility index (Phi) is 6.42. The lowest BCUT2D eigenvalue weighted by Gasteiger charge is -2.16. The van der Waals surface area contributed by atoms with E-state index in [0.29, 0.717) is 30.8 Å². The van der Waals surface area contributed by atoms with Gasteiger partial charge in [0.2, 0.25) is 5.91 Å². The molecule has 0 aliphatic carbocycles. The Morgan fingerprint density at radius 1 is 1.14 bits per heavy atom. The van der Waals surface area contributed by atoms with E-state index in [1.54, 1.807) is 29.2 Å². The first kappa shape index (κ1) is 19.6. The van der Waals surface area contributed by atoms with Gasteiger partial charge in [-0.1, -0.05) is 43.3 Å². The maximum Gasteiger partial charge on any atom is 0.338 e. The molecule has 0 radical (unpaired) electrons. The minimum absolute atomic E-state index is 0.0532. The third-order valence-electron chi connectivity index (χ3n) is 4.78. The predicted molar refractivity (Wildman–Crippen MR) is 106 cm³/mol. The molecule has 2 aromatic rings. The number of esters is 1. The van der Waals surface area contributed by atoms with Crippen LogP contribution in [0.15, 0.2) is 54.6 Å². The molecule has 0 bridgehead atoms. The van der Waals surface area contributed by atoms with E-state index in [9.17, 15) is 14.4 Å². The van der Waals surface area contributed by atoms with Crippen molar-refractivity contribution in [2.75, 3.05) is 24.6 Å². The summed E-state index contributed by atoms with van der Waals surface area (Å²) in [5, 5.41) is 2.78. The van der Waals surface area contributed by atoms with Crippen LogP contribution in [0.25, 0.3) is 0 Å². The van der Waals surface area contributed by atoms with Gasteiger partial charge in [-0.2, -0.15) is 0 Å². The molecular formula is C22H24N2O4. The van der Waals surface area contributed by atoms with Gasteiger partial charge in [-0.3, -0.25) is 9.59 Å². The van der Waals surface area contributed by atoms with E-state index in [-0.39, 0.29) is 24.3 Å². The number of nitrogens with one attached hydrogen (secondary N) is 1. The van der Waals surface area contributed by atoms with E-state index >= 15 is 0 Å². The summed E-state index contributed by atoms with van der Waals surface area (Å²) in [6, 6.07) is 16.6. The van der Waals surface area contributed by atoms with Crippen LogP contribution in [0.5, 0.6) is 0 Å². The molecule has 0 aromatic heterocycles. The highest BCUT2D eigenvalue weighted by atomic mass is 16.5. The first-order valence-corrected chi connectivity index (χ1v) is 9.44. The smallest absolute Gasteiger partial charge is 0.338 e. The van der Waals surface area contributed by atoms with Crippen molar-refractivity contribution >= 4 is 23.5 Å². The molecular weight excluding hydrogens is 356 g/mol. The SMILES string of the molecule is C[C@H](CNC(=O)COC(=O)c1cccc(N2CCCC2=O)c1)c1ccccc1. The van der Waals surface area contributed by atoms with Gasteiger partial charge in [-0.15, -0.1) is 0 Å². The second-order valence-corrected chi connectivity index (χ2v) is 6.89. The molecule has 1 fully saturated rings. The van der Waals surface area contributed by atoms with Crippen molar-refractivity contribution in [1.82, 2.24) is 5.32 Å². The van der Waals surface area contributed by atoms with Crippen LogP contribution in [0, 0.1) is 0 Å². The summed E-state index contributed by atoms with van der Waals surface area (Å²) in [5.74, 6) is -0.713. The number of ether oxygens (including phenoxy) is 1. The Morgan fingerprint density at radius 3 is 2.64 bits per heavy atom. The minimum atomic E-state index is -0.584. The highest BCUT2D eigenvalue weighted by Crippen LogP contribution is 2.22. The zero-order chi connectivity index (χ0) is 19.9. The van der Waals surface area contributed by atoms with E-state index in [4.69, 9.17) is 4.74 Å². The molecule has 2 amide bonds. The van der Waals surface area contributed by atoms with Crippen molar-refractivity contribution in [1.29, 1.82) is 0 Å². The van der Waals surface area contributed by atoms with Crippen molar-refractivity contribution in [2.24, 2.45) is 0 Å². The van der Waals surface area contributed by atoms with E-state index in [1.807, 2.05) is 37.3 Å². The van der Waals surface area contributed by atoms with Crippen molar-refractivity contribution < 1.29 is 19.1 Å². The highest BCUT2D eigenvalue weighted by molar-refractivity contribution is 5.97. The summed E-state index contributed by atoms with van der Waals surface area (Å²) >= 11 is 0. The van der Waals surface area contributed by atoms with Gasteiger partial charge < -0.3 is 15.0 Å². The van der Waals surface area contributed by atoms with Crippen LogP contribution in [0.2, 0.25) is 0 Å². The van der Waals surface area contributed by atoms with Crippen molar-refractivity contribution in [2.45, 2.75) is 25.7 Å². The fourth-order valence-electron chi connectivity index (χ4n) is 3.15. The van der Waals surface area contributed by atoms with Crippen LogP contribution in [0.4, 0.5) is 5.69 Å². The van der Waals surface area contributed by atoms with Crippen molar-refractivity contribution in [3.05, 3.63) is 65.7 Å². The molecule has 1 aliphatic heterocycles. The lowest BCUT2D eigenvalue weighted by atomic mass is 10.0. The topological polar surface area (TPSA) is 75.7 Å². The van der Waals surface area contributed by atoms with Gasteiger partial charge in [-0.05, 0) is 36.1 Å². The maximum absolute atomic E-state index is 12.3. The molecule has 6 heteroatoms. The molecule has 0 spiro atoms. The van der Waals surface area contributed by atoms with Crippen LogP contribution >= 0.6 is 0 Å². The quantitative estimate of drug-likeness (QED) is 0.750. The third kappa shape index (κ3) is 4.97. The fourth-order valence-corrected chi connectivity index (χ4v) is 3.15. The van der Waals surface area contributed by atoms with E-state index in [2.05, 4.69) is 5.32 Å². The molecule has 28 heavy (non-hydrogen) atoms. The normalized spacial score (nSPS) is 14.6. The lowest BCUT2D eigenvalue weighted by Crippen LogP contribution is -2.31. The largest absolute Gasteiger partial charge is 0.452 e. The van der Waals surface area contributed by atoms with Gasteiger partial charge in [0.25, 0.3) is 5.91 Å². The van der Waals surface area contributed by atoms with Crippen molar-refractivity contribution in [3.63, 3.8) is 0 Å². The minimum Gasteiger partial charge on any atom is -0.452 e. The summed E-state index contributed by atoms with van der Waals surface area (Å²) in [6.45, 7) is 2.80. The number of carbonyl (C=O) groups excluding carboxylic acids is 3. The zero-order valence-corrected chi connectivity index (χ0v) is 15.9. The van der Waals surface area contributed by atoms with Crippen molar-refractivity contribution in [3.8, 4) is 0 Å². The third-order valence-corrected chi connectivity index (χ3v) is 4.78. The lowest BCUT2D eigenvalue weighted by molar-refractivity contribution is -0.124. The predicted octanol–water partition coefficient (Wildman–Crippen LogP) is 2.89. The number of hydrogen-bond donors (Lipinski definition) is 1. The monoisotopic (exact) mass is 380 g/mol. The number of benzene rings is 2. The summed E-state index contributed by atoms with van der Waals surface area (Å²) in [4.78, 5) is 37.8. The van der Waals surface area contributed by atoms with Gasteiger partial charge in [0, 0.05) is 25.2 Å². The molecule has 6 nitrogen and oxygen atoms in total. The van der Waals surface area contributed by atoms with E-state index in [1.165, 1.54) is 0 Å². The van der Waals surface area contributed by atoms with Crippen LogP contribution in [-0.4, -0.2) is 37.5 Å². The highest BCUT2D eigenvalue weighted by Gasteiger charge is 2.22. The van der Waals surface area contributed by atoms with Gasteiger partial charge in [0.1, 0.15) is 0 Å². The summed E-state index contributed by atoms with van der Waals surface area (Å²) in [7, 11) is 0. The number of anilines is 1. The van der Waals surface area contributed by atoms with Crippen LogP contribution < -0.4 is 10.2 Å². The van der Waals surface area contributed by atoms with E-state index in [0.717, 1.165) is 12.0 Å². The summed E-state index contributed by atoms with van der Waals surface area (Å²) in [6.07, 6.45) is 1.34. The maximum atomic E-state index is 12.3. The van der Waals surface area contributed by atoms with Crippen LogP contribution in [0.3, 0.4) is 0 Å². The second-order valence-electron chi connectivity index (χ2n) is 6.89. The van der Waals surface area contributed by atoms with Crippen LogP contribution in [-0.2, 0) is 14.3 Å². The molecule has 1 heterocycles. The average Bonchev–Trinajstić information content (AvgIpc) is 3.16. The standard InChI is InChI=1S/C22H24N2O4/c1-16(17-7-3-2-4-8-17)14-23-20(25)15-28-22(27)18-9-5-10-19(13-18)24-12-6-11-21(24)26/h2-5,7-10,13,16H,6,11-12,14-15H2,1H3,(H,23,25)/t16-/m1/s1. The molecule has 1 saturated heterocycles. The number of carbonyl (C=O) groups is 3. The molecule has 1 aliphatic rings. The van der Waals surface area contributed by atoms with Crippen LogP contribution in [0.1, 0.15) is 41.6 Å². The first-order valence-electron chi connectivity index (χ1n) is 9.44. The number of amides is 2. The zero-order valence-electron chi connectivity index (χ0n) is 15.9.